The number of aromatic nitrogens is 3. The zero-order valence-corrected chi connectivity index (χ0v) is 40.1. The van der Waals surface area contributed by atoms with Gasteiger partial charge in [-0.1, -0.05) is 109 Å². The van der Waals surface area contributed by atoms with Crippen LogP contribution >= 0.6 is 0 Å². The average molecular weight is 943 g/mol. The molecule has 9 rings (SSSR count). The second-order valence-corrected chi connectivity index (χ2v) is 15.8. The molecule has 346 valence electrons. The van der Waals surface area contributed by atoms with E-state index in [1.54, 1.807) is 0 Å². The summed E-state index contributed by atoms with van der Waals surface area (Å²) >= 11 is 0. The van der Waals surface area contributed by atoms with Gasteiger partial charge < -0.3 is 57.6 Å². The van der Waals surface area contributed by atoms with E-state index in [4.69, 9.17) is 22.9 Å². The lowest BCUT2D eigenvalue weighted by molar-refractivity contribution is -0.645. The van der Waals surface area contributed by atoms with Crippen molar-refractivity contribution in [2.75, 3.05) is 17.2 Å². The largest absolute Gasteiger partial charge is 1.00 e. The van der Waals surface area contributed by atoms with Gasteiger partial charge in [0.2, 0.25) is 16.6 Å². The first kappa shape index (κ1) is 52.8. The number of hydrogen-bond donors (Lipinski definition) is 4. The predicted octanol–water partition coefficient (Wildman–Crippen LogP) is 2.34. The molecule has 9 aromatic rings. The fourth-order valence-electron chi connectivity index (χ4n) is 6.98. The summed E-state index contributed by atoms with van der Waals surface area (Å²) in [6.45, 7) is 1.36. The molecule has 0 fully saturated rings. The summed E-state index contributed by atoms with van der Waals surface area (Å²) in [6.07, 6.45) is 19.0. The number of anilines is 3. The highest BCUT2D eigenvalue weighted by Gasteiger charge is 2.09. The van der Waals surface area contributed by atoms with E-state index in [0.29, 0.717) is 0 Å². The minimum absolute atomic E-state index is 0. The summed E-state index contributed by atoms with van der Waals surface area (Å²) in [5.74, 6) is -1.21. The molecule has 11 heteroatoms. The number of carbonyl (C=O) groups excluding carboxylic acids is 1. The Labute approximate surface area is 411 Å². The molecule has 68 heavy (non-hydrogen) atoms. The average Bonchev–Trinajstić information content (AvgIpc) is 3.33. The van der Waals surface area contributed by atoms with Crippen LogP contribution in [0, 0.1) is 0 Å². The molecule has 0 spiro atoms. The van der Waals surface area contributed by atoms with E-state index in [0.717, 1.165) is 33.8 Å². The van der Waals surface area contributed by atoms with Crippen LogP contribution in [0.1, 0.15) is 40.3 Å². The predicted molar refractivity (Wildman–Crippen MR) is 273 cm³/mol. The van der Waals surface area contributed by atoms with E-state index in [1.165, 1.54) is 56.3 Å². The summed E-state index contributed by atoms with van der Waals surface area (Å²) in [5.41, 5.74) is 35.0. The highest BCUT2D eigenvalue weighted by molar-refractivity contribution is 5.90. The number of halogens is 2. The second kappa shape index (κ2) is 25.8. The van der Waals surface area contributed by atoms with Crippen LogP contribution in [0.25, 0.3) is 69.2 Å². The molecule has 0 saturated carbocycles. The second-order valence-electron chi connectivity index (χ2n) is 15.8. The van der Waals surface area contributed by atoms with Crippen LogP contribution in [0.3, 0.4) is 0 Å². The Balaban J connectivity index is 0.000000207. The van der Waals surface area contributed by atoms with Crippen molar-refractivity contribution in [2.45, 2.75) is 13.0 Å². The molecule has 0 aliphatic heterocycles. The Kier molecular flexibility index (Phi) is 20.0. The Morgan fingerprint density at radius 3 is 0.897 bits per heavy atom. The van der Waals surface area contributed by atoms with E-state index in [2.05, 4.69) is 181 Å². The molecule has 0 aliphatic rings. The van der Waals surface area contributed by atoms with E-state index in [9.17, 15) is 9.90 Å². The number of pyridine rings is 3. The number of hydrogen-bond acceptors (Lipinski definition) is 6. The zero-order valence-electron chi connectivity index (χ0n) is 38.6. The van der Waals surface area contributed by atoms with Gasteiger partial charge in [0, 0.05) is 59.5 Å². The standard InChI is InChI=1S/3C18H16N2.C3H7NO2.2ClH/c3*1-20-13-12-15(17-4-2-3-5-18(17)20)9-6-14-7-10-16(19)11-8-14;1-2(4)3(5)6;;/h3*2-13,19H,1H3;2H,4H2,1H3,(H,5,6);2*1H/t;;;2-;;/m...0../s1. The van der Waals surface area contributed by atoms with Crippen molar-refractivity contribution in [1.82, 2.24) is 0 Å². The van der Waals surface area contributed by atoms with Crippen LogP contribution in [0.2, 0.25) is 0 Å². The molecule has 0 aliphatic carbocycles. The maximum absolute atomic E-state index is 9.46. The van der Waals surface area contributed by atoms with Crippen molar-refractivity contribution < 1.29 is 48.4 Å². The van der Waals surface area contributed by atoms with Crippen LogP contribution in [0.5, 0.6) is 0 Å². The van der Waals surface area contributed by atoms with Crippen LogP contribution < -0.4 is 66.6 Å². The van der Waals surface area contributed by atoms with Crippen LogP contribution in [-0.4, -0.2) is 12.0 Å². The van der Waals surface area contributed by atoms with Gasteiger partial charge in [0.05, 0.1) is 22.1 Å². The van der Waals surface area contributed by atoms with Crippen molar-refractivity contribution >= 4 is 92.2 Å². The molecule has 0 bridgehead atoms. The molecule has 0 radical (unpaired) electrons. The lowest BCUT2D eigenvalue weighted by Crippen LogP contribution is -3.00. The summed E-state index contributed by atoms with van der Waals surface area (Å²) < 4.78 is 6.40. The number of para-hydroxylation sites is 3. The van der Waals surface area contributed by atoms with Gasteiger partial charge in [0.1, 0.15) is 21.1 Å². The number of nitrogens with two attached hydrogens (primary N) is 4. The fraction of sp³-hybridized carbons (Fsp3) is 0.0877. The lowest BCUT2D eigenvalue weighted by Gasteiger charge is -2.01. The van der Waals surface area contributed by atoms with Gasteiger partial charge in [-0.05, 0) is 94.9 Å². The summed E-state index contributed by atoms with van der Waals surface area (Å²) in [7, 11) is 6.20. The molecular weight excluding hydrogens is 886 g/mol. The SMILES string of the molecule is C[C@H](N)C(=O)[O-].C[n+]1ccc(C=Cc2ccc(N)cc2)c2ccccc21.C[n+]1ccc(C=Cc2ccc(N)cc2)c2ccccc21.C[n+]1ccc(C=Cc2ccc(N)cc2)c2ccccc21.[Cl-].[Cl-]. The number of benzene rings is 6. The molecular formula is C57H57Cl2N7O2. The van der Waals surface area contributed by atoms with E-state index in [1.807, 2.05) is 72.8 Å². The van der Waals surface area contributed by atoms with Gasteiger partial charge in [0.15, 0.2) is 18.6 Å². The zero-order chi connectivity index (χ0) is 47.0. The number of rotatable bonds is 7. The first-order chi connectivity index (χ1) is 31.9. The molecule has 9 nitrogen and oxygen atoms in total. The molecule has 0 saturated heterocycles. The van der Waals surface area contributed by atoms with Gasteiger partial charge in [-0.25, -0.2) is 13.7 Å². The van der Waals surface area contributed by atoms with Gasteiger partial charge >= 0.3 is 0 Å². The number of carbonyl (C=O) groups is 1. The minimum atomic E-state index is -1.21. The van der Waals surface area contributed by atoms with Crippen molar-refractivity contribution in [3.63, 3.8) is 0 Å². The monoisotopic (exact) mass is 941 g/mol. The van der Waals surface area contributed by atoms with Gasteiger partial charge in [-0.2, -0.15) is 0 Å². The van der Waals surface area contributed by atoms with Crippen LogP contribution in [0.15, 0.2) is 182 Å². The Morgan fingerprint density at radius 1 is 0.426 bits per heavy atom. The van der Waals surface area contributed by atoms with Crippen molar-refractivity contribution in [3.05, 3.63) is 216 Å². The molecule has 3 heterocycles. The highest BCUT2D eigenvalue weighted by atomic mass is 35.5. The number of carboxylic acid groups (broad SMARTS) is 1. The fourth-order valence-corrected chi connectivity index (χ4v) is 6.98. The van der Waals surface area contributed by atoms with E-state index < -0.39 is 12.0 Å². The Hall–Kier alpha value is -7.82. The third-order valence-corrected chi connectivity index (χ3v) is 10.8. The quantitative estimate of drug-likeness (QED) is 0.142. The maximum atomic E-state index is 9.46. The molecule has 8 N–H and O–H groups in total. The van der Waals surface area contributed by atoms with Crippen molar-refractivity contribution in [2.24, 2.45) is 26.9 Å². The first-order valence-corrected chi connectivity index (χ1v) is 21.6. The van der Waals surface area contributed by atoms with E-state index in [-0.39, 0.29) is 24.8 Å². The van der Waals surface area contributed by atoms with Gasteiger partial charge in [-0.3, -0.25) is 0 Å². The third kappa shape index (κ3) is 14.8. The number of nitrogens with zero attached hydrogens (tertiary/aromatic N) is 3. The third-order valence-electron chi connectivity index (χ3n) is 10.8. The van der Waals surface area contributed by atoms with Gasteiger partial charge in [-0.15, -0.1) is 0 Å². The van der Waals surface area contributed by atoms with Crippen LogP contribution in [0.4, 0.5) is 17.1 Å². The highest BCUT2D eigenvalue weighted by Crippen LogP contribution is 2.21. The Bertz CT molecular complexity index is 2830. The summed E-state index contributed by atoms with van der Waals surface area (Å²) in [4.78, 5) is 9.46. The normalized spacial score (nSPS) is 11.1. The lowest BCUT2D eigenvalue weighted by atomic mass is 10.1. The van der Waals surface area contributed by atoms with E-state index >= 15 is 0 Å². The first-order valence-electron chi connectivity index (χ1n) is 21.6. The molecule has 1 atom stereocenters. The van der Waals surface area contributed by atoms with Crippen molar-refractivity contribution in [1.29, 1.82) is 0 Å². The molecule has 0 unspecified atom stereocenters. The number of carboxylic acids is 1. The number of aliphatic carboxylic acids is 1. The topological polar surface area (TPSA) is 156 Å². The maximum Gasteiger partial charge on any atom is 0.212 e. The number of aryl methyl sites for hydroxylation is 3. The molecule has 6 aromatic carbocycles. The molecule has 0 amide bonds. The van der Waals surface area contributed by atoms with Gasteiger partial charge in [0.25, 0.3) is 0 Å². The Morgan fingerprint density at radius 2 is 0.662 bits per heavy atom. The van der Waals surface area contributed by atoms with Crippen molar-refractivity contribution in [3.8, 4) is 0 Å². The number of fused-ring (bicyclic) bond motifs is 3. The van der Waals surface area contributed by atoms with Crippen LogP contribution in [-0.2, 0) is 25.9 Å². The smallest absolute Gasteiger partial charge is 0.212 e. The summed E-state index contributed by atoms with van der Waals surface area (Å²) in [5, 5.41) is 13.2. The molecule has 3 aromatic heterocycles. The number of nitrogen functional groups attached to an aromatic ring is 3. The minimum Gasteiger partial charge on any atom is -1.00 e. The summed E-state index contributed by atoms with van der Waals surface area (Å²) in [6, 6.07) is 54.5.